The van der Waals surface area contributed by atoms with E-state index in [-0.39, 0.29) is 11.9 Å². The SMILES string of the molecule is CN(C(=O)c1ccccc1)c1nnn(C)n1. The minimum atomic E-state index is -0.159. The minimum absolute atomic E-state index is 0.159. The van der Waals surface area contributed by atoms with Gasteiger partial charge in [0.1, 0.15) is 0 Å². The summed E-state index contributed by atoms with van der Waals surface area (Å²) in [7, 11) is 3.27. The number of aryl methyl sites for hydroxylation is 1. The number of hydrogen-bond acceptors (Lipinski definition) is 4. The molecule has 0 spiro atoms. The van der Waals surface area contributed by atoms with Crippen LogP contribution in [0.1, 0.15) is 10.4 Å². The quantitative estimate of drug-likeness (QED) is 0.734. The largest absolute Gasteiger partial charge is 0.277 e. The van der Waals surface area contributed by atoms with Crippen LogP contribution in [0.4, 0.5) is 5.95 Å². The zero-order valence-corrected chi connectivity index (χ0v) is 9.03. The molecule has 6 heteroatoms. The highest BCUT2D eigenvalue weighted by molar-refractivity contribution is 6.04. The molecule has 0 atom stereocenters. The molecule has 0 aliphatic carbocycles. The van der Waals surface area contributed by atoms with Gasteiger partial charge in [0.2, 0.25) is 0 Å². The number of benzene rings is 1. The topological polar surface area (TPSA) is 63.9 Å². The number of anilines is 1. The van der Waals surface area contributed by atoms with Gasteiger partial charge in [0.15, 0.2) is 0 Å². The molecule has 2 rings (SSSR count). The highest BCUT2D eigenvalue weighted by Crippen LogP contribution is 2.08. The summed E-state index contributed by atoms with van der Waals surface area (Å²) in [4.78, 5) is 14.6. The Hall–Kier alpha value is -2.24. The average molecular weight is 217 g/mol. The summed E-state index contributed by atoms with van der Waals surface area (Å²) in [6.45, 7) is 0. The maximum absolute atomic E-state index is 12.0. The van der Waals surface area contributed by atoms with Gasteiger partial charge >= 0.3 is 0 Å². The molecule has 2 aromatic rings. The fourth-order valence-electron chi connectivity index (χ4n) is 1.27. The first-order valence-corrected chi connectivity index (χ1v) is 4.75. The predicted molar refractivity (Wildman–Crippen MR) is 58.0 cm³/mol. The van der Waals surface area contributed by atoms with Crippen molar-refractivity contribution in [2.75, 3.05) is 11.9 Å². The summed E-state index contributed by atoms with van der Waals surface area (Å²) in [5.41, 5.74) is 0.595. The first-order valence-electron chi connectivity index (χ1n) is 4.75. The highest BCUT2D eigenvalue weighted by Gasteiger charge is 2.16. The van der Waals surface area contributed by atoms with Crippen molar-refractivity contribution in [3.63, 3.8) is 0 Å². The molecule has 16 heavy (non-hydrogen) atoms. The van der Waals surface area contributed by atoms with Crippen LogP contribution in [0, 0.1) is 0 Å². The van der Waals surface area contributed by atoms with E-state index < -0.39 is 0 Å². The normalized spacial score (nSPS) is 10.1. The van der Waals surface area contributed by atoms with Gasteiger partial charge in [-0.25, -0.2) is 0 Å². The van der Waals surface area contributed by atoms with Gasteiger partial charge in [-0.05, 0) is 17.3 Å². The van der Waals surface area contributed by atoms with E-state index >= 15 is 0 Å². The van der Waals surface area contributed by atoms with E-state index in [0.717, 1.165) is 0 Å². The Balaban J connectivity index is 2.23. The van der Waals surface area contributed by atoms with Gasteiger partial charge in [-0.15, -0.1) is 5.10 Å². The number of carbonyl (C=O) groups is 1. The molecule has 0 fully saturated rings. The summed E-state index contributed by atoms with van der Waals surface area (Å²) < 4.78 is 0. The molecule has 1 aromatic heterocycles. The molecule has 0 unspecified atom stereocenters. The Morgan fingerprint density at radius 3 is 2.56 bits per heavy atom. The number of hydrogen-bond donors (Lipinski definition) is 0. The number of amides is 1. The van der Waals surface area contributed by atoms with E-state index in [9.17, 15) is 4.79 Å². The molecule has 0 N–H and O–H groups in total. The lowest BCUT2D eigenvalue weighted by Crippen LogP contribution is -2.27. The van der Waals surface area contributed by atoms with Gasteiger partial charge in [0, 0.05) is 12.6 Å². The second-order valence-corrected chi connectivity index (χ2v) is 3.31. The minimum Gasteiger partial charge on any atom is -0.277 e. The van der Waals surface area contributed by atoms with Crippen molar-refractivity contribution in [1.29, 1.82) is 0 Å². The van der Waals surface area contributed by atoms with Crippen molar-refractivity contribution in [2.24, 2.45) is 7.05 Å². The van der Waals surface area contributed by atoms with E-state index in [1.807, 2.05) is 18.2 Å². The van der Waals surface area contributed by atoms with Crippen molar-refractivity contribution in [3.8, 4) is 0 Å². The number of aromatic nitrogens is 4. The first-order chi connectivity index (χ1) is 7.68. The molecule has 82 valence electrons. The Bertz CT molecular complexity index is 493. The first kappa shape index (κ1) is 10.3. The molecule has 1 aromatic carbocycles. The van der Waals surface area contributed by atoms with Gasteiger partial charge in [-0.2, -0.15) is 4.80 Å². The number of tetrazole rings is 1. The van der Waals surface area contributed by atoms with Crippen LogP contribution in [0.25, 0.3) is 0 Å². The highest BCUT2D eigenvalue weighted by atomic mass is 16.2. The molecule has 0 saturated carbocycles. The Labute approximate surface area is 92.5 Å². The predicted octanol–water partition coefficient (Wildman–Crippen LogP) is 0.487. The second kappa shape index (κ2) is 4.09. The Kier molecular flexibility index (Phi) is 2.63. The number of carbonyl (C=O) groups excluding carboxylic acids is 1. The lowest BCUT2D eigenvalue weighted by molar-refractivity contribution is 0.0991. The smallest absolute Gasteiger partial charge is 0.272 e. The monoisotopic (exact) mass is 217 g/mol. The third-order valence-corrected chi connectivity index (χ3v) is 2.12. The standard InChI is InChI=1S/C10H11N5O/c1-14(10-11-13-15(2)12-10)9(16)8-6-4-3-5-7-8/h3-7H,1-2H3. The number of rotatable bonds is 2. The molecule has 6 nitrogen and oxygen atoms in total. The van der Waals surface area contributed by atoms with Crippen LogP contribution in [0.3, 0.4) is 0 Å². The molecule has 1 heterocycles. The van der Waals surface area contributed by atoms with Crippen molar-refractivity contribution in [1.82, 2.24) is 20.2 Å². The summed E-state index contributed by atoms with van der Waals surface area (Å²) >= 11 is 0. The van der Waals surface area contributed by atoms with Crippen LogP contribution >= 0.6 is 0 Å². The van der Waals surface area contributed by atoms with Gasteiger partial charge in [-0.3, -0.25) is 9.69 Å². The van der Waals surface area contributed by atoms with Crippen molar-refractivity contribution >= 4 is 11.9 Å². The van der Waals surface area contributed by atoms with Gasteiger partial charge in [0.25, 0.3) is 11.9 Å². The second-order valence-electron chi connectivity index (χ2n) is 3.31. The fraction of sp³-hybridized carbons (Fsp3) is 0.200. The van der Waals surface area contributed by atoms with Crippen LogP contribution in [-0.4, -0.2) is 33.2 Å². The zero-order chi connectivity index (χ0) is 11.5. The summed E-state index contributed by atoms with van der Waals surface area (Å²) in [5, 5.41) is 11.4. The van der Waals surface area contributed by atoms with E-state index in [1.54, 1.807) is 26.2 Å². The van der Waals surface area contributed by atoms with Crippen LogP contribution in [0.5, 0.6) is 0 Å². The molecule has 1 amide bonds. The maximum Gasteiger partial charge on any atom is 0.272 e. The van der Waals surface area contributed by atoms with Gasteiger partial charge in [0.05, 0.1) is 7.05 Å². The van der Waals surface area contributed by atoms with E-state index in [2.05, 4.69) is 15.4 Å². The van der Waals surface area contributed by atoms with Crippen molar-refractivity contribution in [2.45, 2.75) is 0 Å². The Morgan fingerprint density at radius 1 is 1.31 bits per heavy atom. The average Bonchev–Trinajstić information content (AvgIpc) is 2.75. The molecule has 0 aliphatic rings. The van der Waals surface area contributed by atoms with Crippen LogP contribution < -0.4 is 4.90 Å². The van der Waals surface area contributed by atoms with Crippen LogP contribution in [0.2, 0.25) is 0 Å². The third kappa shape index (κ3) is 1.90. The van der Waals surface area contributed by atoms with Gasteiger partial charge < -0.3 is 0 Å². The van der Waals surface area contributed by atoms with E-state index in [4.69, 9.17) is 0 Å². The molecule has 0 saturated heterocycles. The van der Waals surface area contributed by atoms with Crippen LogP contribution in [0.15, 0.2) is 30.3 Å². The number of nitrogens with zero attached hydrogens (tertiary/aromatic N) is 5. The van der Waals surface area contributed by atoms with E-state index in [1.165, 1.54) is 9.70 Å². The Morgan fingerprint density at radius 2 is 2.00 bits per heavy atom. The molecular weight excluding hydrogens is 206 g/mol. The summed E-state index contributed by atoms with van der Waals surface area (Å²) in [6, 6.07) is 8.97. The molecule has 0 bridgehead atoms. The zero-order valence-electron chi connectivity index (χ0n) is 9.03. The molecule has 0 aliphatic heterocycles. The van der Waals surface area contributed by atoms with Crippen molar-refractivity contribution in [3.05, 3.63) is 35.9 Å². The third-order valence-electron chi connectivity index (χ3n) is 2.12. The van der Waals surface area contributed by atoms with E-state index in [0.29, 0.717) is 5.56 Å². The molecular formula is C10H11N5O. The molecule has 0 radical (unpaired) electrons. The lowest BCUT2D eigenvalue weighted by Gasteiger charge is -2.11. The van der Waals surface area contributed by atoms with Crippen molar-refractivity contribution < 1.29 is 4.79 Å². The van der Waals surface area contributed by atoms with Crippen LogP contribution in [-0.2, 0) is 7.05 Å². The fourth-order valence-corrected chi connectivity index (χ4v) is 1.27. The lowest BCUT2D eigenvalue weighted by atomic mass is 10.2. The summed E-state index contributed by atoms with van der Waals surface area (Å²) in [6.07, 6.45) is 0. The summed E-state index contributed by atoms with van der Waals surface area (Å²) in [5.74, 6) is 0.130. The maximum atomic E-state index is 12.0. The van der Waals surface area contributed by atoms with Gasteiger partial charge in [-0.1, -0.05) is 23.3 Å².